The van der Waals surface area contributed by atoms with Gasteiger partial charge in [-0.05, 0) is 42.8 Å². The van der Waals surface area contributed by atoms with Gasteiger partial charge < -0.3 is 24.4 Å². The number of unbranched alkanes of at least 4 members (excludes halogenated alkanes) is 1. The number of hydrogen-bond donors (Lipinski definition) is 1. The van der Waals surface area contributed by atoms with Crippen LogP contribution in [0.5, 0.6) is 5.75 Å². The fourth-order valence-electron chi connectivity index (χ4n) is 3.47. The van der Waals surface area contributed by atoms with Gasteiger partial charge in [0.1, 0.15) is 5.75 Å². The lowest BCUT2D eigenvalue weighted by atomic mass is 10.1. The largest absolute Gasteiger partial charge is 0.495 e. The lowest BCUT2D eigenvalue weighted by molar-refractivity contribution is -0.151. The van der Waals surface area contributed by atoms with E-state index in [1.54, 1.807) is 48.5 Å². The zero-order valence-corrected chi connectivity index (χ0v) is 19.2. The normalized spacial score (nSPS) is 15.1. The van der Waals surface area contributed by atoms with Gasteiger partial charge >= 0.3 is 11.9 Å². The van der Waals surface area contributed by atoms with Crippen LogP contribution in [0.4, 0.5) is 11.4 Å². The minimum Gasteiger partial charge on any atom is -0.495 e. The molecule has 0 aliphatic carbocycles. The molecule has 1 atom stereocenters. The summed E-state index contributed by atoms with van der Waals surface area (Å²) in [5.41, 5.74) is 1.42. The first-order valence-electron chi connectivity index (χ1n) is 11.1. The van der Waals surface area contributed by atoms with Crippen LogP contribution in [-0.2, 0) is 23.9 Å². The van der Waals surface area contributed by atoms with Gasteiger partial charge in [0.25, 0.3) is 5.91 Å². The van der Waals surface area contributed by atoms with Gasteiger partial charge in [0.2, 0.25) is 5.91 Å². The van der Waals surface area contributed by atoms with Crippen LogP contribution in [0, 0.1) is 5.92 Å². The van der Waals surface area contributed by atoms with E-state index in [2.05, 4.69) is 5.32 Å². The summed E-state index contributed by atoms with van der Waals surface area (Å²) in [6, 6.07) is 13.3. The summed E-state index contributed by atoms with van der Waals surface area (Å²) in [7, 11) is 1.49. The summed E-state index contributed by atoms with van der Waals surface area (Å²) < 4.78 is 15.5. The maximum absolute atomic E-state index is 12.5. The number of rotatable bonds is 10. The number of benzene rings is 2. The Bertz CT molecular complexity index is 1040. The van der Waals surface area contributed by atoms with E-state index in [0.29, 0.717) is 29.3 Å². The lowest BCUT2D eigenvalue weighted by Crippen LogP contribution is -2.28. The van der Waals surface area contributed by atoms with E-state index in [1.807, 2.05) is 6.92 Å². The Hall–Kier alpha value is -3.88. The van der Waals surface area contributed by atoms with Gasteiger partial charge in [-0.2, -0.15) is 0 Å². The molecule has 0 aromatic heterocycles. The number of carbonyl (C=O) groups is 4. The number of nitrogens with one attached hydrogen (secondary N) is 1. The van der Waals surface area contributed by atoms with Crippen LogP contribution in [0.3, 0.4) is 0 Å². The highest BCUT2D eigenvalue weighted by molar-refractivity contribution is 6.00. The summed E-state index contributed by atoms with van der Waals surface area (Å²) in [5, 5.41) is 2.62. The van der Waals surface area contributed by atoms with E-state index in [1.165, 1.54) is 12.0 Å². The predicted octanol–water partition coefficient (Wildman–Crippen LogP) is 3.19. The molecule has 1 heterocycles. The molecule has 1 aliphatic rings. The van der Waals surface area contributed by atoms with E-state index in [4.69, 9.17) is 14.2 Å². The van der Waals surface area contributed by atoms with Crippen LogP contribution in [-0.4, -0.2) is 50.6 Å². The fourth-order valence-corrected chi connectivity index (χ4v) is 3.47. The van der Waals surface area contributed by atoms with E-state index < -0.39 is 30.4 Å². The molecule has 1 fully saturated rings. The van der Waals surface area contributed by atoms with Gasteiger partial charge in [-0.3, -0.25) is 14.4 Å². The number of methoxy groups -OCH3 is 1. The molecule has 180 valence electrons. The summed E-state index contributed by atoms with van der Waals surface area (Å²) in [4.78, 5) is 50.6. The van der Waals surface area contributed by atoms with Crippen LogP contribution in [0.15, 0.2) is 48.5 Å². The Kier molecular flexibility index (Phi) is 8.61. The molecule has 1 N–H and O–H groups in total. The number of amides is 2. The highest BCUT2D eigenvalue weighted by Gasteiger charge is 2.36. The van der Waals surface area contributed by atoms with Gasteiger partial charge in [-0.1, -0.05) is 25.5 Å². The monoisotopic (exact) mass is 468 g/mol. The van der Waals surface area contributed by atoms with E-state index >= 15 is 0 Å². The molecule has 0 radical (unpaired) electrons. The van der Waals surface area contributed by atoms with Crippen LogP contribution in [0.25, 0.3) is 0 Å². The summed E-state index contributed by atoms with van der Waals surface area (Å²) in [6.45, 7) is 2.03. The molecule has 2 aromatic rings. The molecule has 3 rings (SSSR count). The molecular formula is C25H28N2O7. The Morgan fingerprint density at radius 2 is 1.79 bits per heavy atom. The summed E-state index contributed by atoms with van der Waals surface area (Å²) >= 11 is 0. The number of nitrogens with zero attached hydrogens (tertiary/aromatic N) is 1. The first kappa shape index (κ1) is 24.8. The predicted molar refractivity (Wildman–Crippen MR) is 125 cm³/mol. The topological polar surface area (TPSA) is 111 Å². The van der Waals surface area contributed by atoms with Crippen molar-refractivity contribution < 1.29 is 33.4 Å². The average molecular weight is 469 g/mol. The minimum absolute atomic E-state index is 0.0201. The molecule has 2 aromatic carbocycles. The van der Waals surface area contributed by atoms with Crippen molar-refractivity contribution in [1.29, 1.82) is 0 Å². The summed E-state index contributed by atoms with van der Waals surface area (Å²) in [6.07, 6.45) is 1.71. The van der Waals surface area contributed by atoms with E-state index in [-0.39, 0.29) is 18.9 Å². The van der Waals surface area contributed by atoms with Crippen molar-refractivity contribution in [3.8, 4) is 5.75 Å². The van der Waals surface area contributed by atoms with Crippen molar-refractivity contribution >= 4 is 35.1 Å². The summed E-state index contributed by atoms with van der Waals surface area (Å²) in [5.74, 6) is -1.99. The lowest BCUT2D eigenvalue weighted by Gasteiger charge is -2.17. The Morgan fingerprint density at radius 1 is 1.06 bits per heavy atom. The minimum atomic E-state index is -0.690. The molecule has 0 unspecified atom stereocenters. The standard InChI is InChI=1S/C25H28N2O7/c1-3-4-13-33-24(30)17-9-11-19(12-10-17)27-15-18(14-23(27)29)25(31)34-16-22(28)26-20-7-5-6-8-21(20)32-2/h5-12,18H,3-4,13-16H2,1-2H3,(H,26,28)/t18-/m0/s1. The molecule has 1 saturated heterocycles. The second kappa shape index (κ2) is 11.8. The molecule has 0 spiro atoms. The number of esters is 2. The van der Waals surface area contributed by atoms with Gasteiger partial charge in [-0.25, -0.2) is 4.79 Å². The third-order valence-corrected chi connectivity index (χ3v) is 5.33. The van der Waals surface area contributed by atoms with Crippen LogP contribution < -0.4 is 15.0 Å². The number of hydrogen-bond acceptors (Lipinski definition) is 7. The third-order valence-electron chi connectivity index (χ3n) is 5.33. The Morgan fingerprint density at radius 3 is 2.50 bits per heavy atom. The Labute approximate surface area is 198 Å². The molecule has 34 heavy (non-hydrogen) atoms. The van der Waals surface area contributed by atoms with Gasteiger partial charge in [0.05, 0.1) is 30.9 Å². The fraction of sp³-hybridized carbons (Fsp3) is 0.360. The van der Waals surface area contributed by atoms with Crippen LogP contribution in [0.2, 0.25) is 0 Å². The van der Waals surface area contributed by atoms with E-state index in [9.17, 15) is 19.2 Å². The first-order chi connectivity index (χ1) is 16.4. The van der Waals surface area contributed by atoms with Crippen molar-refractivity contribution in [3.05, 3.63) is 54.1 Å². The molecule has 9 heteroatoms. The van der Waals surface area contributed by atoms with Gasteiger partial charge in [0.15, 0.2) is 6.61 Å². The van der Waals surface area contributed by atoms with Crippen molar-refractivity contribution in [2.75, 3.05) is 37.1 Å². The van der Waals surface area contributed by atoms with Crippen molar-refractivity contribution in [2.45, 2.75) is 26.2 Å². The molecule has 2 amide bonds. The van der Waals surface area contributed by atoms with Crippen molar-refractivity contribution in [2.24, 2.45) is 5.92 Å². The average Bonchev–Trinajstić information content (AvgIpc) is 3.24. The van der Waals surface area contributed by atoms with E-state index in [0.717, 1.165) is 12.8 Å². The molecule has 9 nitrogen and oxygen atoms in total. The second-order valence-corrected chi connectivity index (χ2v) is 7.80. The van der Waals surface area contributed by atoms with Crippen LogP contribution in [0.1, 0.15) is 36.5 Å². The molecule has 1 aliphatic heterocycles. The third kappa shape index (κ3) is 6.34. The molecular weight excluding hydrogens is 440 g/mol. The zero-order valence-electron chi connectivity index (χ0n) is 19.2. The molecule has 0 bridgehead atoms. The number of carbonyl (C=O) groups excluding carboxylic acids is 4. The maximum Gasteiger partial charge on any atom is 0.338 e. The second-order valence-electron chi connectivity index (χ2n) is 7.80. The number of anilines is 2. The Balaban J connectivity index is 1.51. The quantitative estimate of drug-likeness (QED) is 0.421. The number of para-hydroxylation sites is 2. The van der Waals surface area contributed by atoms with Crippen LogP contribution >= 0.6 is 0 Å². The van der Waals surface area contributed by atoms with Gasteiger partial charge in [-0.15, -0.1) is 0 Å². The highest BCUT2D eigenvalue weighted by atomic mass is 16.5. The number of ether oxygens (including phenoxy) is 3. The van der Waals surface area contributed by atoms with Crippen molar-refractivity contribution in [3.63, 3.8) is 0 Å². The zero-order chi connectivity index (χ0) is 24.5. The highest BCUT2D eigenvalue weighted by Crippen LogP contribution is 2.27. The maximum atomic E-state index is 12.5. The smallest absolute Gasteiger partial charge is 0.338 e. The van der Waals surface area contributed by atoms with Gasteiger partial charge in [0, 0.05) is 18.7 Å². The van der Waals surface area contributed by atoms with Crippen molar-refractivity contribution in [1.82, 2.24) is 0 Å². The molecule has 0 saturated carbocycles. The SMILES string of the molecule is CCCCOC(=O)c1ccc(N2C[C@@H](C(=O)OCC(=O)Nc3ccccc3OC)CC2=O)cc1. The first-order valence-corrected chi connectivity index (χ1v) is 11.1.